The Morgan fingerprint density at radius 2 is 2.07 bits per heavy atom. The van der Waals surface area contributed by atoms with Crippen LogP contribution in [0.15, 0.2) is 48.7 Å². The molecule has 0 aliphatic heterocycles. The van der Waals surface area contributed by atoms with Crippen LogP contribution in [0.3, 0.4) is 0 Å². The van der Waals surface area contributed by atoms with E-state index in [1.165, 1.54) is 18.3 Å². The predicted molar refractivity (Wildman–Crippen MR) is 109 cm³/mol. The molecule has 1 heterocycles. The minimum absolute atomic E-state index is 0.0435. The molecule has 1 amide bonds. The highest BCUT2D eigenvalue weighted by Crippen LogP contribution is 2.31. The van der Waals surface area contributed by atoms with Gasteiger partial charge in [-0.3, -0.25) is 4.79 Å². The van der Waals surface area contributed by atoms with Gasteiger partial charge in [0.1, 0.15) is 11.5 Å². The van der Waals surface area contributed by atoms with Gasteiger partial charge in [0.15, 0.2) is 0 Å². The van der Waals surface area contributed by atoms with E-state index in [9.17, 15) is 4.79 Å². The zero-order valence-corrected chi connectivity index (χ0v) is 16.4. The second kappa shape index (κ2) is 10.2. The van der Waals surface area contributed by atoms with Crippen LogP contribution in [-0.2, 0) is 4.79 Å². The number of aromatic nitrogens is 1. The Bertz CT molecular complexity index is 860. The topological polar surface area (TPSA) is 60.5 Å². The van der Waals surface area contributed by atoms with E-state index in [-0.39, 0.29) is 11.9 Å². The van der Waals surface area contributed by atoms with Gasteiger partial charge in [0.2, 0.25) is 5.91 Å². The summed E-state index contributed by atoms with van der Waals surface area (Å²) >= 11 is 1.41. The maximum Gasteiger partial charge on any atom is 0.279 e. The van der Waals surface area contributed by atoms with Crippen LogP contribution in [0.25, 0.3) is 5.57 Å². The number of terminal acetylenes is 1. The summed E-state index contributed by atoms with van der Waals surface area (Å²) in [5.74, 6) is 3.95. The maximum absolute atomic E-state index is 11.1. The summed E-state index contributed by atoms with van der Waals surface area (Å²) in [4.78, 5) is 16.3. The molecule has 0 spiro atoms. The predicted octanol–water partition coefficient (Wildman–Crippen LogP) is 4.43. The first kappa shape index (κ1) is 20.3. The molecule has 0 aliphatic carbocycles. The Kier molecular flexibility index (Phi) is 7.65. The number of nitrogens with one attached hydrogen (secondary N) is 1. The first-order valence-corrected chi connectivity index (χ1v) is 9.21. The van der Waals surface area contributed by atoms with Crippen LogP contribution in [0, 0.1) is 12.3 Å². The van der Waals surface area contributed by atoms with E-state index in [0.717, 1.165) is 16.2 Å². The second-order valence-corrected chi connectivity index (χ2v) is 6.77. The number of carbonyl (C=O) groups is 1. The molecule has 0 aliphatic rings. The summed E-state index contributed by atoms with van der Waals surface area (Å²) in [7, 11) is 1.62. The molecule has 0 saturated heterocycles. The van der Waals surface area contributed by atoms with E-state index < -0.39 is 0 Å². The SMILES string of the molecule is C#C/C=C(\C=C/CC(C)NC(C)=O)c1cnc(Oc2ccc(OC)cc2)s1. The molecule has 1 aromatic carbocycles. The van der Waals surface area contributed by atoms with Crippen molar-refractivity contribution in [3.05, 3.63) is 53.6 Å². The van der Waals surface area contributed by atoms with Gasteiger partial charge >= 0.3 is 0 Å². The molecule has 5 nitrogen and oxygen atoms in total. The maximum atomic E-state index is 11.1. The zero-order chi connectivity index (χ0) is 19.6. The number of methoxy groups -OCH3 is 1. The van der Waals surface area contributed by atoms with Crippen LogP contribution >= 0.6 is 11.3 Å². The summed E-state index contributed by atoms with van der Waals surface area (Å²) in [6.45, 7) is 3.45. The first-order valence-electron chi connectivity index (χ1n) is 8.40. The van der Waals surface area contributed by atoms with Gasteiger partial charge in [-0.25, -0.2) is 4.98 Å². The van der Waals surface area contributed by atoms with E-state index in [1.807, 2.05) is 43.3 Å². The standard InChI is InChI=1S/C21H22N2O3S/c1-5-7-17(9-6-8-15(2)23-16(3)24)20-14-22-21(27-20)26-19-12-10-18(25-4)11-13-19/h1,6-7,9-15H,8H2,2-4H3,(H,23,24)/b9-6-,17-7+. The lowest BCUT2D eigenvalue weighted by Crippen LogP contribution is -2.29. The van der Waals surface area contributed by atoms with Crippen molar-refractivity contribution in [2.24, 2.45) is 0 Å². The van der Waals surface area contributed by atoms with Crippen LogP contribution in [-0.4, -0.2) is 24.0 Å². The normalized spacial score (nSPS) is 12.4. The molecule has 1 aromatic heterocycles. The quantitative estimate of drug-likeness (QED) is 0.542. The number of thiazole rings is 1. The van der Waals surface area contributed by atoms with E-state index in [1.54, 1.807) is 19.4 Å². The number of rotatable bonds is 8. The van der Waals surface area contributed by atoms with Gasteiger partial charge in [-0.05, 0) is 43.7 Å². The van der Waals surface area contributed by atoms with Crippen molar-refractivity contribution in [1.82, 2.24) is 10.3 Å². The van der Waals surface area contributed by atoms with Crippen LogP contribution in [0.5, 0.6) is 16.7 Å². The highest BCUT2D eigenvalue weighted by atomic mass is 32.1. The van der Waals surface area contributed by atoms with Gasteiger partial charge in [-0.2, -0.15) is 0 Å². The molecule has 1 atom stereocenters. The summed E-state index contributed by atoms with van der Waals surface area (Å²) in [5, 5.41) is 3.37. The van der Waals surface area contributed by atoms with Crippen molar-refractivity contribution in [3.63, 3.8) is 0 Å². The van der Waals surface area contributed by atoms with E-state index in [0.29, 0.717) is 17.4 Å². The monoisotopic (exact) mass is 382 g/mol. The second-order valence-electron chi connectivity index (χ2n) is 5.77. The average molecular weight is 382 g/mol. The van der Waals surface area contributed by atoms with Crippen molar-refractivity contribution >= 4 is 22.8 Å². The molecule has 2 aromatic rings. The molecule has 2 rings (SSSR count). The molecular weight excluding hydrogens is 360 g/mol. The lowest BCUT2D eigenvalue weighted by atomic mass is 10.1. The number of benzene rings is 1. The number of hydrogen-bond acceptors (Lipinski definition) is 5. The fourth-order valence-corrected chi connectivity index (χ4v) is 3.06. The lowest BCUT2D eigenvalue weighted by Gasteiger charge is -2.08. The third kappa shape index (κ3) is 6.65. The number of amides is 1. The van der Waals surface area contributed by atoms with Crippen molar-refractivity contribution in [3.8, 4) is 29.0 Å². The molecule has 0 bridgehead atoms. The minimum atomic E-state index is -0.0435. The average Bonchev–Trinajstić information content (AvgIpc) is 3.09. The largest absolute Gasteiger partial charge is 0.497 e. The fraction of sp³-hybridized carbons (Fsp3) is 0.238. The van der Waals surface area contributed by atoms with Gasteiger partial charge in [0, 0.05) is 24.7 Å². The molecular formula is C21H22N2O3S. The van der Waals surface area contributed by atoms with Gasteiger partial charge < -0.3 is 14.8 Å². The van der Waals surface area contributed by atoms with Gasteiger partial charge in [0.05, 0.1) is 12.0 Å². The number of ether oxygens (including phenoxy) is 2. The van der Waals surface area contributed by atoms with Crippen LogP contribution in [0.1, 0.15) is 25.1 Å². The summed E-state index contributed by atoms with van der Waals surface area (Å²) in [5.41, 5.74) is 0.870. The van der Waals surface area contributed by atoms with Crippen molar-refractivity contribution < 1.29 is 14.3 Å². The Labute approximate surface area is 163 Å². The number of carbonyl (C=O) groups excluding carboxylic acids is 1. The summed E-state index contributed by atoms with van der Waals surface area (Å²) in [6.07, 6.45) is 13.5. The molecule has 140 valence electrons. The third-order valence-electron chi connectivity index (χ3n) is 3.51. The van der Waals surface area contributed by atoms with Gasteiger partial charge in [0.25, 0.3) is 5.19 Å². The van der Waals surface area contributed by atoms with Gasteiger partial charge in [-0.1, -0.05) is 29.4 Å². The highest BCUT2D eigenvalue weighted by molar-refractivity contribution is 7.14. The molecule has 0 saturated carbocycles. The van der Waals surface area contributed by atoms with Crippen LogP contribution < -0.4 is 14.8 Å². The zero-order valence-electron chi connectivity index (χ0n) is 15.6. The Balaban J connectivity index is 2.04. The van der Waals surface area contributed by atoms with Crippen molar-refractivity contribution in [2.45, 2.75) is 26.3 Å². The number of nitrogens with zero attached hydrogens (tertiary/aromatic N) is 1. The first-order chi connectivity index (χ1) is 13.0. The summed E-state index contributed by atoms with van der Waals surface area (Å²) < 4.78 is 10.9. The Morgan fingerprint density at radius 3 is 2.70 bits per heavy atom. The summed E-state index contributed by atoms with van der Waals surface area (Å²) in [6, 6.07) is 7.35. The van der Waals surface area contributed by atoms with Crippen molar-refractivity contribution in [1.29, 1.82) is 0 Å². The van der Waals surface area contributed by atoms with E-state index >= 15 is 0 Å². The number of allylic oxidation sites excluding steroid dienone is 3. The molecule has 0 radical (unpaired) electrons. The van der Waals surface area contributed by atoms with Crippen LogP contribution in [0.2, 0.25) is 0 Å². The number of hydrogen-bond donors (Lipinski definition) is 1. The van der Waals surface area contributed by atoms with Gasteiger partial charge in [-0.15, -0.1) is 6.42 Å². The Hall–Kier alpha value is -3.04. The lowest BCUT2D eigenvalue weighted by molar-refractivity contribution is -0.119. The van der Waals surface area contributed by atoms with E-state index in [4.69, 9.17) is 15.9 Å². The van der Waals surface area contributed by atoms with E-state index in [2.05, 4.69) is 16.2 Å². The third-order valence-corrected chi connectivity index (χ3v) is 4.43. The molecule has 6 heteroatoms. The Morgan fingerprint density at radius 1 is 1.37 bits per heavy atom. The highest BCUT2D eigenvalue weighted by Gasteiger charge is 2.08. The molecule has 1 N–H and O–H groups in total. The fourth-order valence-electron chi connectivity index (χ4n) is 2.28. The van der Waals surface area contributed by atoms with Crippen molar-refractivity contribution in [2.75, 3.05) is 7.11 Å². The van der Waals surface area contributed by atoms with Crippen LogP contribution in [0.4, 0.5) is 0 Å². The smallest absolute Gasteiger partial charge is 0.279 e. The molecule has 27 heavy (non-hydrogen) atoms. The minimum Gasteiger partial charge on any atom is -0.497 e. The molecule has 1 unspecified atom stereocenters. The molecule has 0 fully saturated rings.